The third-order valence-corrected chi connectivity index (χ3v) is 5.31. The number of hydrogen-bond acceptors (Lipinski definition) is 3. The van der Waals surface area contributed by atoms with E-state index < -0.39 is 0 Å². The van der Waals surface area contributed by atoms with Crippen molar-refractivity contribution >= 4 is 0 Å². The molecule has 0 radical (unpaired) electrons. The minimum absolute atomic E-state index is 0.198. The zero-order valence-electron chi connectivity index (χ0n) is 12.7. The highest BCUT2D eigenvalue weighted by Gasteiger charge is 2.35. The summed E-state index contributed by atoms with van der Waals surface area (Å²) >= 11 is 0. The van der Waals surface area contributed by atoms with Crippen molar-refractivity contribution in [1.29, 1.82) is 0 Å². The lowest BCUT2D eigenvalue weighted by atomic mass is 9.79. The zero-order chi connectivity index (χ0) is 13.7. The number of nitrogens with one attached hydrogen (secondary N) is 1. The van der Waals surface area contributed by atoms with E-state index >= 15 is 0 Å². The summed E-state index contributed by atoms with van der Waals surface area (Å²) in [5.41, 5.74) is 0.198. The van der Waals surface area contributed by atoms with Crippen LogP contribution in [0.2, 0.25) is 0 Å². The number of rotatable bonds is 6. The van der Waals surface area contributed by atoms with E-state index in [1.807, 2.05) is 0 Å². The van der Waals surface area contributed by atoms with Gasteiger partial charge in [-0.3, -0.25) is 0 Å². The molecule has 2 fully saturated rings. The molecule has 1 unspecified atom stereocenters. The predicted octanol–water partition coefficient (Wildman–Crippen LogP) is 2.58. The first kappa shape index (κ1) is 15.3. The maximum absolute atomic E-state index is 9.24. The molecule has 3 nitrogen and oxygen atoms in total. The fourth-order valence-corrected chi connectivity index (χ4v) is 3.66. The molecule has 1 aliphatic heterocycles. The highest BCUT2D eigenvalue weighted by atomic mass is 16.5. The van der Waals surface area contributed by atoms with Crippen LogP contribution < -0.4 is 5.32 Å². The van der Waals surface area contributed by atoms with Crippen LogP contribution in [-0.2, 0) is 4.74 Å². The molecule has 0 aromatic carbocycles. The summed E-state index contributed by atoms with van der Waals surface area (Å²) in [6.45, 7) is 7.69. The van der Waals surface area contributed by atoms with Gasteiger partial charge >= 0.3 is 0 Å². The molecule has 3 heteroatoms. The van der Waals surface area contributed by atoms with Crippen molar-refractivity contribution in [3.05, 3.63) is 0 Å². The molecule has 1 aliphatic carbocycles. The first-order valence-corrected chi connectivity index (χ1v) is 8.07. The molecule has 2 aliphatic rings. The van der Waals surface area contributed by atoms with Crippen LogP contribution in [0.15, 0.2) is 0 Å². The Kier molecular flexibility index (Phi) is 5.67. The van der Waals surface area contributed by atoms with Crippen LogP contribution in [0.1, 0.15) is 52.4 Å². The molecule has 1 atom stereocenters. The molecule has 0 amide bonds. The van der Waals surface area contributed by atoms with Gasteiger partial charge in [-0.1, -0.05) is 13.8 Å². The first-order valence-electron chi connectivity index (χ1n) is 8.07. The minimum atomic E-state index is 0.198. The second kappa shape index (κ2) is 7.05. The molecule has 0 aromatic rings. The van der Waals surface area contributed by atoms with Crippen molar-refractivity contribution in [2.24, 2.45) is 17.3 Å². The normalized spacial score (nSPS) is 36.0. The highest BCUT2D eigenvalue weighted by Crippen LogP contribution is 2.33. The molecule has 0 spiro atoms. The Labute approximate surface area is 118 Å². The fourth-order valence-electron chi connectivity index (χ4n) is 3.66. The van der Waals surface area contributed by atoms with Gasteiger partial charge in [-0.25, -0.2) is 0 Å². The van der Waals surface area contributed by atoms with Gasteiger partial charge in [0, 0.05) is 31.2 Å². The van der Waals surface area contributed by atoms with Crippen molar-refractivity contribution in [3.8, 4) is 0 Å². The Balaban J connectivity index is 1.73. The Bertz CT molecular complexity index is 253. The van der Waals surface area contributed by atoms with Gasteiger partial charge < -0.3 is 15.2 Å². The summed E-state index contributed by atoms with van der Waals surface area (Å²) < 4.78 is 5.55. The molecule has 112 valence electrons. The Morgan fingerprint density at radius 2 is 2.00 bits per heavy atom. The van der Waals surface area contributed by atoms with Crippen molar-refractivity contribution < 1.29 is 9.84 Å². The van der Waals surface area contributed by atoms with E-state index in [4.69, 9.17) is 4.74 Å². The lowest BCUT2D eigenvalue weighted by Gasteiger charge is -2.34. The van der Waals surface area contributed by atoms with E-state index in [2.05, 4.69) is 19.2 Å². The van der Waals surface area contributed by atoms with E-state index in [-0.39, 0.29) is 12.0 Å². The van der Waals surface area contributed by atoms with Gasteiger partial charge in [0.2, 0.25) is 0 Å². The van der Waals surface area contributed by atoms with Gasteiger partial charge in [-0.2, -0.15) is 0 Å². The summed E-state index contributed by atoms with van der Waals surface area (Å²) in [6, 6.07) is 0.686. The molecular weight excluding hydrogens is 238 g/mol. The lowest BCUT2D eigenvalue weighted by Crippen LogP contribution is -2.42. The van der Waals surface area contributed by atoms with Crippen LogP contribution in [0.4, 0.5) is 0 Å². The Hall–Kier alpha value is -0.120. The number of hydrogen-bond donors (Lipinski definition) is 2. The standard InChI is InChI=1S/C16H31NO2/c1-13(2)14-3-5-15(6-4-14)17-11-16(7-9-18)8-10-19-12-16/h13-15,17-18H,3-12H2,1-2H3. The lowest BCUT2D eigenvalue weighted by molar-refractivity contribution is 0.118. The van der Waals surface area contributed by atoms with Gasteiger partial charge in [0.25, 0.3) is 0 Å². The van der Waals surface area contributed by atoms with Gasteiger partial charge in [-0.15, -0.1) is 0 Å². The maximum Gasteiger partial charge on any atom is 0.0536 e. The van der Waals surface area contributed by atoms with E-state index in [1.54, 1.807) is 0 Å². The number of aliphatic hydroxyl groups excluding tert-OH is 1. The zero-order valence-corrected chi connectivity index (χ0v) is 12.7. The van der Waals surface area contributed by atoms with Crippen molar-refractivity contribution in [2.75, 3.05) is 26.4 Å². The largest absolute Gasteiger partial charge is 0.396 e. The SMILES string of the molecule is CC(C)C1CCC(NCC2(CCO)CCOC2)CC1. The van der Waals surface area contributed by atoms with E-state index in [0.29, 0.717) is 6.04 Å². The van der Waals surface area contributed by atoms with E-state index in [9.17, 15) is 5.11 Å². The summed E-state index contributed by atoms with van der Waals surface area (Å²) in [5.74, 6) is 1.77. The van der Waals surface area contributed by atoms with Crippen molar-refractivity contribution in [3.63, 3.8) is 0 Å². The Morgan fingerprint density at radius 3 is 2.53 bits per heavy atom. The topological polar surface area (TPSA) is 41.5 Å². The fraction of sp³-hybridized carbons (Fsp3) is 1.00. The van der Waals surface area contributed by atoms with Gasteiger partial charge in [0.05, 0.1) is 6.61 Å². The predicted molar refractivity (Wildman–Crippen MR) is 78.2 cm³/mol. The molecule has 1 heterocycles. The number of aliphatic hydroxyl groups is 1. The maximum atomic E-state index is 9.24. The van der Waals surface area contributed by atoms with Crippen molar-refractivity contribution in [1.82, 2.24) is 5.32 Å². The van der Waals surface area contributed by atoms with Gasteiger partial charge in [0.1, 0.15) is 0 Å². The Morgan fingerprint density at radius 1 is 1.26 bits per heavy atom. The summed E-state index contributed by atoms with van der Waals surface area (Å²) in [6.07, 6.45) is 7.36. The molecule has 2 rings (SSSR count). The number of ether oxygens (including phenoxy) is 1. The van der Waals surface area contributed by atoms with E-state index in [1.165, 1.54) is 25.7 Å². The smallest absolute Gasteiger partial charge is 0.0536 e. The third-order valence-electron chi connectivity index (χ3n) is 5.31. The highest BCUT2D eigenvalue weighted by molar-refractivity contribution is 4.88. The average molecular weight is 269 g/mol. The third kappa shape index (κ3) is 4.17. The summed E-state index contributed by atoms with van der Waals surface area (Å²) in [7, 11) is 0. The average Bonchev–Trinajstić information content (AvgIpc) is 2.86. The quantitative estimate of drug-likeness (QED) is 0.779. The molecule has 2 N–H and O–H groups in total. The molecule has 19 heavy (non-hydrogen) atoms. The van der Waals surface area contributed by atoms with Crippen LogP contribution in [0.25, 0.3) is 0 Å². The molecular formula is C16H31NO2. The van der Waals surface area contributed by atoms with Crippen molar-refractivity contribution in [2.45, 2.75) is 58.4 Å². The second-order valence-corrected chi connectivity index (χ2v) is 7.01. The first-order chi connectivity index (χ1) is 9.15. The monoisotopic (exact) mass is 269 g/mol. The van der Waals surface area contributed by atoms with Crippen LogP contribution in [-0.4, -0.2) is 37.5 Å². The van der Waals surface area contributed by atoms with Crippen LogP contribution in [0.5, 0.6) is 0 Å². The molecule has 0 bridgehead atoms. The summed E-state index contributed by atoms with van der Waals surface area (Å²) in [4.78, 5) is 0. The second-order valence-electron chi connectivity index (χ2n) is 7.01. The van der Waals surface area contributed by atoms with Crippen LogP contribution >= 0.6 is 0 Å². The molecule has 1 saturated heterocycles. The van der Waals surface area contributed by atoms with Gasteiger partial charge in [0.15, 0.2) is 0 Å². The molecule has 0 aromatic heterocycles. The van der Waals surface area contributed by atoms with E-state index in [0.717, 1.165) is 44.4 Å². The minimum Gasteiger partial charge on any atom is -0.396 e. The van der Waals surface area contributed by atoms with Crippen LogP contribution in [0.3, 0.4) is 0 Å². The summed E-state index contributed by atoms with van der Waals surface area (Å²) in [5, 5.41) is 13.0. The van der Waals surface area contributed by atoms with Crippen LogP contribution in [0, 0.1) is 17.3 Å². The molecule has 1 saturated carbocycles. The van der Waals surface area contributed by atoms with Gasteiger partial charge in [-0.05, 0) is 50.4 Å².